The number of carbonyl (C=O) groups excluding carboxylic acids is 1. The summed E-state index contributed by atoms with van der Waals surface area (Å²) >= 11 is 1.67. The highest BCUT2D eigenvalue weighted by atomic mass is 32.2. The molecule has 1 atom stereocenters. The highest BCUT2D eigenvalue weighted by Gasteiger charge is 2.21. The molecule has 0 aliphatic carbocycles. The van der Waals surface area contributed by atoms with Gasteiger partial charge in [-0.05, 0) is 12.7 Å². The first-order valence-electron chi connectivity index (χ1n) is 5.82. The third-order valence-corrected chi connectivity index (χ3v) is 3.51. The monoisotopic (exact) mass is 283 g/mol. The molecule has 0 fully saturated rings. The minimum absolute atomic E-state index is 0.128. The number of nitrogens with zero attached hydrogens (tertiary/aromatic N) is 3. The van der Waals surface area contributed by atoms with E-state index in [1.54, 1.807) is 23.7 Å². The molecule has 1 aromatic heterocycles. The summed E-state index contributed by atoms with van der Waals surface area (Å²) < 4.78 is 0. The second-order valence-corrected chi connectivity index (χ2v) is 4.94. The zero-order chi connectivity index (χ0) is 14.4. The summed E-state index contributed by atoms with van der Waals surface area (Å²) in [5.74, 6) is -0.557. The van der Waals surface area contributed by atoms with Crippen molar-refractivity contribution in [3.63, 3.8) is 0 Å². The van der Waals surface area contributed by atoms with Crippen molar-refractivity contribution >= 4 is 23.6 Å². The topological polar surface area (TPSA) is 83.4 Å². The highest BCUT2D eigenvalue weighted by Crippen LogP contribution is 2.11. The molecule has 1 amide bonds. The molecule has 19 heavy (non-hydrogen) atoms. The van der Waals surface area contributed by atoms with Crippen molar-refractivity contribution in [3.8, 4) is 0 Å². The van der Waals surface area contributed by atoms with Crippen LogP contribution in [0.3, 0.4) is 0 Å². The fraction of sp³-hybridized carbons (Fsp3) is 0.500. The molecule has 0 radical (unpaired) electrons. The molecule has 0 aliphatic rings. The normalized spacial score (nSPS) is 11.9. The van der Waals surface area contributed by atoms with Crippen LogP contribution in [0.25, 0.3) is 0 Å². The number of carbonyl (C=O) groups is 2. The van der Waals surface area contributed by atoms with Crippen LogP contribution in [0.1, 0.15) is 34.3 Å². The fourth-order valence-corrected chi connectivity index (χ4v) is 2.44. The molecule has 0 bridgehead atoms. The van der Waals surface area contributed by atoms with Gasteiger partial charge in [0.1, 0.15) is 5.69 Å². The van der Waals surface area contributed by atoms with Gasteiger partial charge in [-0.2, -0.15) is 11.8 Å². The van der Waals surface area contributed by atoms with E-state index in [4.69, 9.17) is 5.11 Å². The summed E-state index contributed by atoms with van der Waals surface area (Å²) in [4.78, 5) is 32.0. The Labute approximate surface area is 116 Å². The highest BCUT2D eigenvalue weighted by molar-refractivity contribution is 7.98. The van der Waals surface area contributed by atoms with E-state index in [9.17, 15) is 9.59 Å². The number of hydrogen-bond donors (Lipinski definition) is 1. The molecular weight excluding hydrogens is 266 g/mol. The molecule has 0 aliphatic heterocycles. The van der Waals surface area contributed by atoms with Crippen molar-refractivity contribution in [3.05, 3.63) is 23.8 Å². The van der Waals surface area contributed by atoms with Crippen LogP contribution in [-0.2, 0) is 0 Å². The quantitative estimate of drug-likeness (QED) is 0.849. The van der Waals surface area contributed by atoms with Crippen LogP contribution in [0.15, 0.2) is 12.4 Å². The first-order valence-corrected chi connectivity index (χ1v) is 7.22. The van der Waals surface area contributed by atoms with E-state index in [0.29, 0.717) is 0 Å². The number of carboxylic acids is 1. The van der Waals surface area contributed by atoms with Crippen LogP contribution in [0.4, 0.5) is 0 Å². The molecule has 0 saturated carbocycles. The third kappa shape index (κ3) is 3.92. The van der Waals surface area contributed by atoms with Crippen molar-refractivity contribution in [2.75, 3.05) is 19.1 Å². The fourth-order valence-electron chi connectivity index (χ4n) is 1.59. The number of hydrogen-bond acceptors (Lipinski definition) is 5. The molecular formula is C12H17N3O3S. The van der Waals surface area contributed by atoms with E-state index in [1.165, 1.54) is 6.20 Å². The second kappa shape index (κ2) is 7.08. The van der Waals surface area contributed by atoms with Gasteiger partial charge in [-0.3, -0.25) is 4.79 Å². The molecule has 0 aromatic carbocycles. The smallest absolute Gasteiger partial charge is 0.356 e. The molecule has 1 heterocycles. The first-order chi connectivity index (χ1) is 9.01. The molecule has 1 N–H and O–H groups in total. The number of thioether (sulfide) groups is 1. The van der Waals surface area contributed by atoms with Crippen LogP contribution in [0.2, 0.25) is 0 Å². The molecule has 1 aromatic rings. The SMILES string of the molecule is CCC(CSC)N(C)C(=O)c1cnc(C(=O)O)cn1. The summed E-state index contributed by atoms with van der Waals surface area (Å²) in [7, 11) is 1.72. The van der Waals surface area contributed by atoms with Crippen LogP contribution in [-0.4, -0.2) is 56.9 Å². The Morgan fingerprint density at radius 2 is 1.95 bits per heavy atom. The number of carboxylic acid groups (broad SMARTS) is 1. The maximum atomic E-state index is 12.2. The zero-order valence-corrected chi connectivity index (χ0v) is 12.0. The maximum absolute atomic E-state index is 12.2. The lowest BCUT2D eigenvalue weighted by Gasteiger charge is -2.26. The number of amides is 1. The lowest BCUT2D eigenvalue weighted by atomic mass is 10.2. The van der Waals surface area contributed by atoms with E-state index >= 15 is 0 Å². The predicted octanol–water partition coefficient (Wildman–Crippen LogP) is 1.39. The van der Waals surface area contributed by atoms with E-state index < -0.39 is 5.97 Å². The van der Waals surface area contributed by atoms with Crippen molar-refractivity contribution in [2.45, 2.75) is 19.4 Å². The van der Waals surface area contributed by atoms with Crippen LogP contribution < -0.4 is 0 Å². The summed E-state index contributed by atoms with van der Waals surface area (Å²) in [6.07, 6.45) is 5.14. The van der Waals surface area contributed by atoms with Gasteiger partial charge in [0.15, 0.2) is 5.69 Å². The van der Waals surface area contributed by atoms with Crippen molar-refractivity contribution in [1.29, 1.82) is 0 Å². The van der Waals surface area contributed by atoms with Gasteiger partial charge in [-0.15, -0.1) is 0 Å². The van der Waals surface area contributed by atoms with Crippen molar-refractivity contribution < 1.29 is 14.7 Å². The van der Waals surface area contributed by atoms with Gasteiger partial charge in [-0.25, -0.2) is 14.8 Å². The minimum atomic E-state index is -1.16. The van der Waals surface area contributed by atoms with Crippen LogP contribution in [0, 0.1) is 0 Å². The number of aromatic nitrogens is 2. The van der Waals surface area contributed by atoms with E-state index in [2.05, 4.69) is 9.97 Å². The molecule has 7 heteroatoms. The summed E-state index contributed by atoms with van der Waals surface area (Å²) in [6, 6.07) is 0.128. The summed E-state index contributed by atoms with van der Waals surface area (Å²) in [5.41, 5.74) is -0.0117. The number of aromatic carboxylic acids is 1. The van der Waals surface area contributed by atoms with Gasteiger partial charge in [-0.1, -0.05) is 6.92 Å². The van der Waals surface area contributed by atoms with Gasteiger partial charge in [0.2, 0.25) is 0 Å². The molecule has 1 rings (SSSR count). The average molecular weight is 283 g/mol. The molecule has 0 saturated heterocycles. The van der Waals surface area contributed by atoms with Gasteiger partial charge in [0.05, 0.1) is 12.4 Å². The zero-order valence-electron chi connectivity index (χ0n) is 11.2. The molecule has 1 unspecified atom stereocenters. The Morgan fingerprint density at radius 1 is 1.37 bits per heavy atom. The van der Waals surface area contributed by atoms with Gasteiger partial charge in [0.25, 0.3) is 5.91 Å². The molecule has 0 spiro atoms. The lowest BCUT2D eigenvalue weighted by molar-refractivity contribution is 0.0684. The standard InChI is InChI=1S/C12H17N3O3S/c1-4-8(7-19-3)15(2)11(16)9-5-14-10(6-13-9)12(17)18/h5-6,8H,4,7H2,1-3H3,(H,17,18). The average Bonchev–Trinajstić information content (AvgIpc) is 2.43. The van der Waals surface area contributed by atoms with Crippen molar-refractivity contribution in [1.82, 2.24) is 14.9 Å². The lowest BCUT2D eigenvalue weighted by Crippen LogP contribution is -2.38. The van der Waals surface area contributed by atoms with Gasteiger partial charge in [0, 0.05) is 18.8 Å². The second-order valence-electron chi connectivity index (χ2n) is 4.03. The molecule has 104 valence electrons. The minimum Gasteiger partial charge on any atom is -0.476 e. The van der Waals surface area contributed by atoms with E-state index in [1.807, 2.05) is 13.2 Å². The van der Waals surface area contributed by atoms with Crippen molar-refractivity contribution in [2.24, 2.45) is 0 Å². The predicted molar refractivity (Wildman–Crippen MR) is 73.5 cm³/mol. The number of rotatable bonds is 6. The third-order valence-electron chi connectivity index (χ3n) is 2.79. The summed E-state index contributed by atoms with van der Waals surface area (Å²) in [5, 5.41) is 8.72. The Hall–Kier alpha value is -1.63. The largest absolute Gasteiger partial charge is 0.476 e. The Bertz CT molecular complexity index is 450. The Kier molecular flexibility index (Phi) is 5.75. The van der Waals surface area contributed by atoms with E-state index in [0.717, 1.165) is 18.4 Å². The molecule has 6 nitrogen and oxygen atoms in total. The Morgan fingerprint density at radius 3 is 2.37 bits per heavy atom. The Balaban J connectivity index is 2.84. The van der Waals surface area contributed by atoms with Crippen LogP contribution in [0.5, 0.6) is 0 Å². The van der Waals surface area contributed by atoms with Gasteiger partial charge >= 0.3 is 5.97 Å². The maximum Gasteiger partial charge on any atom is 0.356 e. The van der Waals surface area contributed by atoms with Gasteiger partial charge < -0.3 is 10.0 Å². The van der Waals surface area contributed by atoms with E-state index in [-0.39, 0.29) is 23.3 Å². The summed E-state index contributed by atoms with van der Waals surface area (Å²) in [6.45, 7) is 2.02. The van der Waals surface area contributed by atoms with Crippen LogP contribution >= 0.6 is 11.8 Å². The first kappa shape index (κ1) is 15.4.